The maximum atomic E-state index is 8.28. The molecule has 58 heavy (non-hydrogen) atoms. The smallest absolute Gasteiger partial charge is 0.137 e. The van der Waals surface area contributed by atoms with E-state index in [0.717, 1.165) is 44.6 Å². The van der Waals surface area contributed by atoms with Gasteiger partial charge < -0.3 is 14.5 Å². The van der Waals surface area contributed by atoms with Crippen LogP contribution in [-0.2, 0) is 16.2 Å². The second kappa shape index (κ2) is 13.9. The molecule has 9 rings (SSSR count). The summed E-state index contributed by atoms with van der Waals surface area (Å²) in [5, 5.41) is 1.91. The number of benzene rings is 6. The van der Waals surface area contributed by atoms with Gasteiger partial charge in [0.25, 0.3) is 0 Å². The lowest BCUT2D eigenvalue weighted by atomic mass is 9.75. The Hall–Kier alpha value is -6.33. The molecule has 1 aliphatic heterocycles. The third-order valence-electron chi connectivity index (χ3n) is 11.6. The van der Waals surface area contributed by atoms with E-state index in [1.54, 1.807) is 6.07 Å². The summed E-state index contributed by atoms with van der Waals surface area (Å²) in [4.78, 5) is 9.39. The van der Waals surface area contributed by atoms with E-state index in [1.165, 1.54) is 35.9 Å². The van der Waals surface area contributed by atoms with Gasteiger partial charge in [0.2, 0.25) is 0 Å². The van der Waals surface area contributed by atoms with Crippen LogP contribution in [0.4, 0.5) is 22.7 Å². The zero-order valence-electron chi connectivity index (χ0n) is 39.9. The molecule has 3 heterocycles. The van der Waals surface area contributed by atoms with Gasteiger partial charge in [-0.05, 0) is 99.8 Å². The van der Waals surface area contributed by atoms with Gasteiger partial charge in [0, 0.05) is 54.1 Å². The van der Waals surface area contributed by atoms with Crippen LogP contribution in [0.1, 0.15) is 85.7 Å². The topological polar surface area (TPSA) is 33.5 Å². The molecule has 0 radical (unpaired) electrons. The molecule has 0 N–H and O–H groups in total. The summed E-state index contributed by atoms with van der Waals surface area (Å²) in [5.74, 6) is 1.66. The van der Waals surface area contributed by atoms with Crippen molar-refractivity contribution in [2.75, 3.05) is 16.5 Å². The Balaban J connectivity index is 1.07. The molecule has 2 aromatic heterocycles. The Bertz CT molecular complexity index is 3020. The van der Waals surface area contributed by atoms with Crippen molar-refractivity contribution >= 4 is 44.6 Å². The van der Waals surface area contributed by atoms with Gasteiger partial charge in [-0.25, -0.2) is 4.98 Å². The number of fused-ring (bicyclic) bond motifs is 4. The Morgan fingerprint density at radius 2 is 1.19 bits per heavy atom. The largest absolute Gasteiger partial charge is 0.457 e. The van der Waals surface area contributed by atoms with Gasteiger partial charge in [-0.1, -0.05) is 128 Å². The summed E-state index contributed by atoms with van der Waals surface area (Å²) < 4.78 is 58.3. The van der Waals surface area contributed by atoms with Gasteiger partial charge in [0.15, 0.2) is 0 Å². The summed E-state index contributed by atoms with van der Waals surface area (Å²) in [6, 6.07) is 51.3. The van der Waals surface area contributed by atoms with Crippen molar-refractivity contribution in [2.45, 2.75) is 71.5 Å². The molecule has 1 aliphatic rings. The average Bonchev–Trinajstić information content (AvgIpc) is 3.81. The quantitative estimate of drug-likeness (QED) is 0.162. The fourth-order valence-electron chi connectivity index (χ4n) is 8.20. The van der Waals surface area contributed by atoms with E-state index in [2.05, 4.69) is 134 Å². The van der Waals surface area contributed by atoms with Gasteiger partial charge in [-0.15, -0.1) is 0 Å². The van der Waals surface area contributed by atoms with E-state index in [9.17, 15) is 0 Å². The van der Waals surface area contributed by atoms with Crippen LogP contribution in [0, 0.1) is 0 Å². The minimum Gasteiger partial charge on any atom is -0.457 e. The minimum absolute atomic E-state index is 0.0686. The predicted octanol–water partition coefficient (Wildman–Crippen LogP) is 14.1. The number of pyridine rings is 1. The molecule has 0 bridgehead atoms. The molecule has 5 nitrogen and oxygen atoms in total. The molecule has 8 aromatic rings. The molecule has 0 aliphatic carbocycles. The highest BCUT2D eigenvalue weighted by atomic mass is 16.5. The second-order valence-corrected chi connectivity index (χ2v) is 17.2. The number of hydrogen-bond donors (Lipinski definition) is 0. The van der Waals surface area contributed by atoms with Crippen LogP contribution in [0.5, 0.6) is 11.5 Å². The lowest BCUT2D eigenvalue weighted by molar-refractivity contribution is 0.483. The van der Waals surface area contributed by atoms with Crippen LogP contribution in [0.2, 0.25) is 0 Å². The normalized spacial score (nSPS) is 15.3. The van der Waals surface area contributed by atoms with Gasteiger partial charge in [0.05, 0.1) is 22.4 Å². The van der Waals surface area contributed by atoms with E-state index in [-0.39, 0.29) is 16.4 Å². The number of aromatic nitrogens is 2. The third-order valence-corrected chi connectivity index (χ3v) is 11.6. The molecule has 6 aromatic carbocycles. The molecule has 0 saturated carbocycles. The van der Waals surface area contributed by atoms with Crippen LogP contribution in [-0.4, -0.2) is 16.2 Å². The van der Waals surface area contributed by atoms with Gasteiger partial charge in [0.1, 0.15) is 24.0 Å². The van der Waals surface area contributed by atoms with E-state index >= 15 is 0 Å². The third kappa shape index (κ3) is 6.68. The first-order valence-corrected chi connectivity index (χ1v) is 19.9. The zero-order valence-corrected chi connectivity index (χ0v) is 33.9. The molecule has 0 unspecified atom stereocenters. The summed E-state index contributed by atoms with van der Waals surface area (Å²) in [5.41, 5.74) is 7.50. The van der Waals surface area contributed by atoms with Crippen molar-refractivity contribution in [1.29, 1.82) is 0 Å². The van der Waals surface area contributed by atoms with Crippen molar-refractivity contribution in [3.05, 3.63) is 180 Å². The van der Waals surface area contributed by atoms with E-state index in [0.29, 0.717) is 24.0 Å². The van der Waals surface area contributed by atoms with E-state index < -0.39 is 19.1 Å². The Morgan fingerprint density at radius 3 is 1.95 bits per heavy atom. The predicted molar refractivity (Wildman–Crippen MR) is 243 cm³/mol. The summed E-state index contributed by atoms with van der Waals surface area (Å²) in [6.45, 7) is 7.70. The van der Waals surface area contributed by atoms with Crippen molar-refractivity contribution in [1.82, 2.24) is 9.55 Å². The standard InChI is InChI=1S/C53H52N4O/c1-51(2,3)37-27-28-54-50(32-37)57-46-22-13-12-21-44(46)45-26-25-43(34-49(45)57)58-42-20-16-19-40(33-42)55-35-56(48-24-15-14-23-47(48)55)41-30-38(52(4,5)6)29-39(31-41)53(7,8)36-17-10-9-11-18-36/h9-34H,35H2,1-8H3/i1D3,2D3. The van der Waals surface area contributed by atoms with E-state index in [1.807, 2.05) is 59.2 Å². The minimum atomic E-state index is -2.80. The van der Waals surface area contributed by atoms with Gasteiger partial charge in [-0.3, -0.25) is 4.57 Å². The molecular weight excluding hydrogens is 709 g/mol. The number of anilines is 4. The first kappa shape index (κ1) is 30.8. The van der Waals surface area contributed by atoms with Crippen molar-refractivity contribution in [3.8, 4) is 17.3 Å². The van der Waals surface area contributed by atoms with Crippen LogP contribution in [0.3, 0.4) is 0 Å². The molecular formula is C53H52N4O. The number of rotatable bonds is 7. The van der Waals surface area contributed by atoms with Crippen molar-refractivity contribution < 1.29 is 13.0 Å². The highest BCUT2D eigenvalue weighted by Crippen LogP contribution is 2.47. The first-order valence-electron chi connectivity index (χ1n) is 22.9. The lowest BCUT2D eigenvalue weighted by Gasteiger charge is -2.31. The number of nitrogens with zero attached hydrogens (tertiary/aromatic N) is 4. The van der Waals surface area contributed by atoms with Crippen LogP contribution in [0.15, 0.2) is 158 Å². The van der Waals surface area contributed by atoms with Crippen LogP contribution in [0.25, 0.3) is 27.6 Å². The van der Waals surface area contributed by atoms with Crippen molar-refractivity contribution in [2.24, 2.45) is 0 Å². The monoisotopic (exact) mass is 766 g/mol. The van der Waals surface area contributed by atoms with Crippen LogP contribution < -0.4 is 14.5 Å². The average molecular weight is 767 g/mol. The maximum absolute atomic E-state index is 8.28. The van der Waals surface area contributed by atoms with E-state index in [4.69, 9.17) is 13.0 Å². The SMILES string of the molecule is [2H]C([2H])([2H])C(C)(c1ccnc(-n2c3ccccc3c3ccc(Oc4cccc(N5CN(c6cc(C(C)(C)C)cc(C(C)(C)c7ccccc7)c6)c6ccccc65)c4)cc32)c1)C([2H])([2H])[2H]. The van der Waals surface area contributed by atoms with Gasteiger partial charge >= 0.3 is 0 Å². The number of ether oxygens (including phenoxy) is 1. The zero-order chi connectivity index (χ0) is 45.4. The first-order chi connectivity index (χ1) is 30.3. The molecule has 0 fully saturated rings. The van der Waals surface area contributed by atoms with Crippen molar-refractivity contribution in [3.63, 3.8) is 0 Å². The number of para-hydroxylation sites is 3. The second-order valence-electron chi connectivity index (χ2n) is 17.2. The number of hydrogen-bond acceptors (Lipinski definition) is 4. The fourth-order valence-corrected chi connectivity index (χ4v) is 8.20. The molecule has 0 amide bonds. The molecule has 5 heteroatoms. The lowest BCUT2D eigenvalue weighted by Crippen LogP contribution is -2.26. The Morgan fingerprint density at radius 1 is 0.517 bits per heavy atom. The molecule has 0 spiro atoms. The Labute approximate surface area is 351 Å². The molecule has 290 valence electrons. The Kier molecular flexibility index (Phi) is 7.40. The highest BCUT2D eigenvalue weighted by Gasteiger charge is 2.32. The molecule has 0 saturated heterocycles. The molecule has 0 atom stereocenters. The fraction of sp³-hybridized carbons (Fsp3) is 0.226. The summed E-state index contributed by atoms with van der Waals surface area (Å²) >= 11 is 0. The van der Waals surface area contributed by atoms with Crippen LogP contribution >= 0.6 is 0 Å². The van der Waals surface area contributed by atoms with Gasteiger partial charge in [-0.2, -0.15) is 0 Å². The maximum Gasteiger partial charge on any atom is 0.137 e. The highest BCUT2D eigenvalue weighted by molar-refractivity contribution is 6.09. The summed E-state index contributed by atoms with van der Waals surface area (Å²) in [7, 11) is 0. The summed E-state index contributed by atoms with van der Waals surface area (Å²) in [6.07, 6.45) is 1.48.